The summed E-state index contributed by atoms with van der Waals surface area (Å²) in [4.78, 5) is 2.81. The first kappa shape index (κ1) is 18.1. The lowest BCUT2D eigenvalue weighted by molar-refractivity contribution is 0.110. The van der Waals surface area contributed by atoms with E-state index < -0.39 is 0 Å². The van der Waals surface area contributed by atoms with Gasteiger partial charge < -0.3 is 15.4 Å². The molecule has 2 saturated carbocycles. The van der Waals surface area contributed by atoms with Gasteiger partial charge >= 0.3 is 0 Å². The van der Waals surface area contributed by atoms with Crippen LogP contribution in [0, 0.1) is 11.8 Å². The molecule has 148 valence electrons. The number of anilines is 1. The van der Waals surface area contributed by atoms with Crippen molar-refractivity contribution in [1.82, 2.24) is 4.90 Å². The Balaban J connectivity index is 1.33. The van der Waals surface area contributed by atoms with Crippen molar-refractivity contribution in [3.63, 3.8) is 0 Å². The Hall–Kier alpha value is -2.00. The first-order chi connectivity index (χ1) is 13.7. The molecule has 28 heavy (non-hydrogen) atoms. The van der Waals surface area contributed by atoms with E-state index in [2.05, 4.69) is 35.2 Å². The van der Waals surface area contributed by atoms with E-state index in [1.807, 2.05) is 12.1 Å². The second-order valence-corrected chi connectivity index (χ2v) is 9.13. The summed E-state index contributed by atoms with van der Waals surface area (Å²) in [5, 5.41) is 0. The van der Waals surface area contributed by atoms with Gasteiger partial charge in [0.2, 0.25) is 0 Å². The van der Waals surface area contributed by atoms with Gasteiger partial charge in [0.1, 0.15) is 5.75 Å². The molecule has 0 spiro atoms. The quantitative estimate of drug-likeness (QED) is 0.735. The van der Waals surface area contributed by atoms with Crippen LogP contribution in [0.2, 0.25) is 0 Å². The second-order valence-electron chi connectivity index (χ2n) is 9.13. The average Bonchev–Trinajstić information content (AvgIpc) is 3.37. The molecule has 2 aromatic carbocycles. The molecule has 0 aromatic heterocycles. The Kier molecular flexibility index (Phi) is 4.80. The number of benzene rings is 2. The van der Waals surface area contributed by atoms with E-state index in [1.54, 1.807) is 7.11 Å². The predicted molar refractivity (Wildman–Crippen MR) is 116 cm³/mol. The van der Waals surface area contributed by atoms with Crippen LogP contribution in [0.4, 0.5) is 5.69 Å². The number of ether oxygens (including phenoxy) is 1. The van der Waals surface area contributed by atoms with Gasteiger partial charge in [-0.1, -0.05) is 24.6 Å². The number of hydrogen-bond donors (Lipinski definition) is 1. The summed E-state index contributed by atoms with van der Waals surface area (Å²) in [6.07, 6.45) is 8.41. The third kappa shape index (κ3) is 3.30. The molecule has 2 bridgehead atoms. The van der Waals surface area contributed by atoms with Gasteiger partial charge in [-0.3, -0.25) is 0 Å². The fourth-order valence-electron chi connectivity index (χ4n) is 6.15. The Morgan fingerprint density at radius 2 is 1.75 bits per heavy atom. The number of nitrogens with two attached hydrogens (primary N) is 1. The zero-order valence-corrected chi connectivity index (χ0v) is 16.9. The summed E-state index contributed by atoms with van der Waals surface area (Å²) >= 11 is 0. The van der Waals surface area contributed by atoms with E-state index >= 15 is 0 Å². The molecule has 0 unspecified atom stereocenters. The van der Waals surface area contributed by atoms with Crippen LogP contribution in [0.1, 0.15) is 50.0 Å². The van der Waals surface area contributed by atoms with Gasteiger partial charge in [0.15, 0.2) is 0 Å². The van der Waals surface area contributed by atoms with Gasteiger partial charge in [-0.2, -0.15) is 0 Å². The van der Waals surface area contributed by atoms with Crippen molar-refractivity contribution in [2.45, 2.75) is 50.5 Å². The highest BCUT2D eigenvalue weighted by Gasteiger charge is 2.43. The van der Waals surface area contributed by atoms with Crippen LogP contribution in [0.3, 0.4) is 0 Å². The lowest BCUT2D eigenvalue weighted by Crippen LogP contribution is -2.43. The highest BCUT2D eigenvalue weighted by atomic mass is 16.5. The topological polar surface area (TPSA) is 38.5 Å². The first-order valence-electron chi connectivity index (χ1n) is 11.0. The number of likely N-dealkylation sites (tertiary alicyclic amines) is 1. The summed E-state index contributed by atoms with van der Waals surface area (Å²) in [6.45, 7) is 2.48. The lowest BCUT2D eigenvalue weighted by atomic mass is 9.85. The van der Waals surface area contributed by atoms with E-state index in [0.29, 0.717) is 5.92 Å². The second kappa shape index (κ2) is 7.44. The van der Waals surface area contributed by atoms with Crippen molar-refractivity contribution in [2.24, 2.45) is 11.8 Å². The number of methoxy groups -OCH3 is 1. The molecule has 3 aliphatic rings. The van der Waals surface area contributed by atoms with Crippen LogP contribution in [0.25, 0.3) is 11.1 Å². The van der Waals surface area contributed by atoms with Crippen molar-refractivity contribution in [1.29, 1.82) is 0 Å². The van der Waals surface area contributed by atoms with Crippen molar-refractivity contribution < 1.29 is 4.74 Å². The molecule has 3 heteroatoms. The fourth-order valence-corrected chi connectivity index (χ4v) is 6.15. The van der Waals surface area contributed by atoms with Gasteiger partial charge in [-0.15, -0.1) is 0 Å². The normalized spacial score (nSPS) is 28.0. The largest absolute Gasteiger partial charge is 0.496 e. The van der Waals surface area contributed by atoms with E-state index in [1.165, 1.54) is 68.3 Å². The van der Waals surface area contributed by atoms with Crippen molar-refractivity contribution >= 4 is 5.69 Å². The summed E-state index contributed by atoms with van der Waals surface area (Å²) in [7, 11) is 1.80. The Morgan fingerprint density at radius 1 is 0.929 bits per heavy atom. The fraction of sp³-hybridized carbons (Fsp3) is 0.520. The smallest absolute Gasteiger partial charge is 0.122 e. The van der Waals surface area contributed by atoms with Crippen molar-refractivity contribution in [3.8, 4) is 16.9 Å². The molecule has 2 aromatic rings. The lowest BCUT2D eigenvalue weighted by Gasteiger charge is -2.40. The summed E-state index contributed by atoms with van der Waals surface area (Å²) < 4.78 is 5.74. The van der Waals surface area contributed by atoms with Crippen LogP contribution < -0.4 is 10.5 Å². The van der Waals surface area contributed by atoms with E-state index in [0.717, 1.165) is 29.3 Å². The standard InChI is InChI=1S/C25H32N2O/c1-28-25-8-7-20(19-3-2-4-22(26)15-19)16-23(25)18-9-11-27(12-10-18)24-14-17-5-6-21(24)13-17/h2-4,7-8,15-18,21,24H,5-6,9-14,26H2,1H3/t17-,21-,24-/m0/s1. The Bertz CT molecular complexity index is 840. The highest BCUT2D eigenvalue weighted by molar-refractivity contribution is 5.69. The highest BCUT2D eigenvalue weighted by Crippen LogP contribution is 2.48. The molecule has 3 fully saturated rings. The van der Waals surface area contributed by atoms with E-state index in [-0.39, 0.29) is 0 Å². The Morgan fingerprint density at radius 3 is 2.43 bits per heavy atom. The minimum atomic E-state index is 0.589. The van der Waals surface area contributed by atoms with Gasteiger partial charge in [-0.05, 0) is 104 Å². The summed E-state index contributed by atoms with van der Waals surface area (Å²) in [5.41, 5.74) is 10.6. The SMILES string of the molecule is COc1ccc(-c2cccc(N)c2)cc1C1CCN([C@H]2C[C@H]3CC[C@H]2C3)CC1. The van der Waals surface area contributed by atoms with Crippen LogP contribution >= 0.6 is 0 Å². The number of fused-ring (bicyclic) bond motifs is 2. The molecule has 3 nitrogen and oxygen atoms in total. The molecule has 2 N–H and O–H groups in total. The maximum atomic E-state index is 6.00. The van der Waals surface area contributed by atoms with Crippen LogP contribution in [0.5, 0.6) is 5.75 Å². The maximum Gasteiger partial charge on any atom is 0.122 e. The molecule has 3 atom stereocenters. The number of nitrogens with zero attached hydrogens (tertiary/aromatic N) is 1. The van der Waals surface area contributed by atoms with E-state index in [4.69, 9.17) is 10.5 Å². The molecule has 0 radical (unpaired) electrons. The average molecular weight is 377 g/mol. The number of nitrogen functional groups attached to an aromatic ring is 1. The molecular formula is C25H32N2O. The number of hydrogen-bond acceptors (Lipinski definition) is 3. The van der Waals surface area contributed by atoms with Gasteiger partial charge in [0, 0.05) is 11.7 Å². The zero-order chi connectivity index (χ0) is 19.1. The minimum Gasteiger partial charge on any atom is -0.496 e. The summed E-state index contributed by atoms with van der Waals surface area (Å²) in [5.74, 6) is 3.64. The van der Waals surface area contributed by atoms with Crippen molar-refractivity contribution in [2.75, 3.05) is 25.9 Å². The van der Waals surface area contributed by atoms with Crippen LogP contribution in [-0.2, 0) is 0 Å². The molecule has 1 aliphatic heterocycles. The minimum absolute atomic E-state index is 0.589. The van der Waals surface area contributed by atoms with Gasteiger partial charge in [0.05, 0.1) is 7.11 Å². The Labute approximate surface area is 168 Å². The predicted octanol–water partition coefficient (Wildman–Crippen LogP) is 5.31. The monoisotopic (exact) mass is 376 g/mol. The molecule has 2 aliphatic carbocycles. The third-order valence-electron chi connectivity index (χ3n) is 7.59. The number of rotatable bonds is 4. The maximum absolute atomic E-state index is 6.00. The van der Waals surface area contributed by atoms with E-state index in [9.17, 15) is 0 Å². The number of piperidine rings is 1. The molecule has 5 rings (SSSR count). The molecule has 1 heterocycles. The molecule has 0 amide bonds. The van der Waals surface area contributed by atoms with Crippen LogP contribution in [0.15, 0.2) is 42.5 Å². The van der Waals surface area contributed by atoms with Crippen molar-refractivity contribution in [3.05, 3.63) is 48.0 Å². The third-order valence-corrected chi connectivity index (χ3v) is 7.59. The van der Waals surface area contributed by atoms with Gasteiger partial charge in [-0.25, -0.2) is 0 Å². The first-order valence-corrected chi connectivity index (χ1v) is 11.0. The summed E-state index contributed by atoms with van der Waals surface area (Å²) in [6, 6.07) is 15.7. The molecule has 1 saturated heterocycles. The van der Waals surface area contributed by atoms with Crippen LogP contribution in [-0.4, -0.2) is 31.1 Å². The molecular weight excluding hydrogens is 344 g/mol. The van der Waals surface area contributed by atoms with Gasteiger partial charge in [0.25, 0.3) is 0 Å². The zero-order valence-electron chi connectivity index (χ0n) is 16.9.